The summed E-state index contributed by atoms with van der Waals surface area (Å²) < 4.78 is 10.8. The van der Waals surface area contributed by atoms with E-state index in [1.54, 1.807) is 4.90 Å². The molecule has 0 spiro atoms. The average molecular weight is 258 g/mol. The van der Waals surface area contributed by atoms with Crippen molar-refractivity contribution < 1.29 is 19.1 Å². The molecule has 0 aliphatic carbocycles. The Balaban J connectivity index is 2.38. The first-order valence-electron chi connectivity index (χ1n) is 6.38. The first-order chi connectivity index (χ1) is 8.58. The fraction of sp³-hybridized carbons (Fsp3) is 0.833. The summed E-state index contributed by atoms with van der Waals surface area (Å²) in [6, 6.07) is 0. The zero-order valence-electron chi connectivity index (χ0n) is 11.1. The van der Waals surface area contributed by atoms with Crippen molar-refractivity contribution in [1.29, 1.82) is 0 Å². The van der Waals surface area contributed by atoms with Crippen molar-refractivity contribution in [3.63, 3.8) is 0 Å². The van der Waals surface area contributed by atoms with Gasteiger partial charge in [0.05, 0.1) is 5.92 Å². The van der Waals surface area contributed by atoms with Crippen molar-refractivity contribution in [2.45, 2.75) is 33.0 Å². The number of nitrogens with zero attached hydrogens (tertiary/aromatic N) is 1. The van der Waals surface area contributed by atoms with Gasteiger partial charge in [0.15, 0.2) is 6.29 Å². The lowest BCUT2D eigenvalue weighted by Gasteiger charge is -2.21. The highest BCUT2D eigenvalue weighted by molar-refractivity contribution is 5.88. The monoisotopic (exact) mass is 258 g/mol. The molecule has 0 aromatic carbocycles. The van der Waals surface area contributed by atoms with Gasteiger partial charge in [-0.2, -0.15) is 0 Å². The van der Waals surface area contributed by atoms with Crippen LogP contribution in [0.5, 0.6) is 0 Å². The summed E-state index contributed by atoms with van der Waals surface area (Å²) in [5, 5.41) is 0. The van der Waals surface area contributed by atoms with E-state index in [1.165, 1.54) is 0 Å². The Bertz CT molecular complexity index is 290. The second kappa shape index (κ2) is 7.33. The van der Waals surface area contributed by atoms with Crippen molar-refractivity contribution in [2.24, 2.45) is 11.7 Å². The van der Waals surface area contributed by atoms with Gasteiger partial charge in [-0.05, 0) is 13.8 Å². The van der Waals surface area contributed by atoms with Crippen LogP contribution in [0.15, 0.2) is 0 Å². The topological polar surface area (TPSA) is 81.9 Å². The van der Waals surface area contributed by atoms with Crippen LogP contribution >= 0.6 is 0 Å². The van der Waals surface area contributed by atoms with Crippen molar-refractivity contribution in [1.82, 2.24) is 4.90 Å². The summed E-state index contributed by atoms with van der Waals surface area (Å²) >= 11 is 0. The summed E-state index contributed by atoms with van der Waals surface area (Å²) in [6.07, 6.45) is 0.544. The molecule has 0 aromatic rings. The second-order valence-electron chi connectivity index (χ2n) is 4.27. The molecule has 104 valence electrons. The average Bonchev–Trinajstić information content (AvgIpc) is 2.68. The number of carbonyl (C=O) groups is 2. The maximum Gasteiger partial charge on any atom is 0.223 e. The zero-order valence-corrected chi connectivity index (χ0v) is 11.1. The van der Waals surface area contributed by atoms with Crippen molar-refractivity contribution in [2.75, 3.05) is 26.3 Å². The second-order valence-corrected chi connectivity index (χ2v) is 4.27. The number of hydrogen-bond donors (Lipinski definition) is 1. The van der Waals surface area contributed by atoms with E-state index in [2.05, 4.69) is 0 Å². The maximum atomic E-state index is 11.7. The smallest absolute Gasteiger partial charge is 0.223 e. The molecule has 1 fully saturated rings. The summed E-state index contributed by atoms with van der Waals surface area (Å²) in [7, 11) is 0. The zero-order chi connectivity index (χ0) is 13.5. The maximum absolute atomic E-state index is 11.7. The van der Waals surface area contributed by atoms with Gasteiger partial charge in [-0.15, -0.1) is 0 Å². The van der Waals surface area contributed by atoms with Crippen LogP contribution in [0, 0.1) is 5.92 Å². The molecule has 1 unspecified atom stereocenters. The molecule has 6 nitrogen and oxygen atoms in total. The van der Waals surface area contributed by atoms with E-state index in [4.69, 9.17) is 15.2 Å². The summed E-state index contributed by atoms with van der Waals surface area (Å²) in [4.78, 5) is 24.3. The highest BCUT2D eigenvalue weighted by Crippen LogP contribution is 2.18. The highest BCUT2D eigenvalue weighted by atomic mass is 16.7. The molecule has 0 aromatic heterocycles. The molecule has 0 radical (unpaired) electrons. The normalized spacial score (nSPS) is 19.8. The van der Waals surface area contributed by atoms with Gasteiger partial charge in [0, 0.05) is 39.1 Å². The van der Waals surface area contributed by atoms with Crippen LogP contribution in [-0.4, -0.2) is 49.3 Å². The predicted octanol–water partition coefficient (Wildman–Crippen LogP) is 0.109. The van der Waals surface area contributed by atoms with E-state index in [1.807, 2.05) is 13.8 Å². The highest BCUT2D eigenvalue weighted by Gasteiger charge is 2.33. The minimum Gasteiger partial charge on any atom is -0.369 e. The molecule has 6 heteroatoms. The third-order valence-electron chi connectivity index (χ3n) is 2.96. The molecule has 0 bridgehead atoms. The molecule has 18 heavy (non-hydrogen) atoms. The number of amides is 2. The number of ether oxygens (including phenoxy) is 2. The van der Waals surface area contributed by atoms with Crippen LogP contribution in [0.25, 0.3) is 0 Å². The van der Waals surface area contributed by atoms with E-state index >= 15 is 0 Å². The summed E-state index contributed by atoms with van der Waals surface area (Å²) in [5.41, 5.74) is 5.21. The van der Waals surface area contributed by atoms with E-state index in [9.17, 15) is 9.59 Å². The molecular weight excluding hydrogens is 236 g/mol. The Labute approximate surface area is 107 Å². The molecule has 2 N–H and O–H groups in total. The lowest BCUT2D eigenvalue weighted by atomic mass is 10.1. The van der Waals surface area contributed by atoms with Gasteiger partial charge in [0.1, 0.15) is 0 Å². The minimum atomic E-state index is -0.406. The minimum absolute atomic E-state index is 0.0226. The van der Waals surface area contributed by atoms with Crippen LogP contribution in [0.1, 0.15) is 26.7 Å². The van der Waals surface area contributed by atoms with E-state index in [0.29, 0.717) is 32.7 Å². The van der Waals surface area contributed by atoms with Crippen molar-refractivity contribution >= 4 is 11.8 Å². The summed E-state index contributed by atoms with van der Waals surface area (Å²) in [5.74, 6) is -0.780. The number of likely N-dealkylation sites (tertiary alicyclic amines) is 1. The van der Waals surface area contributed by atoms with E-state index < -0.39 is 5.91 Å². The van der Waals surface area contributed by atoms with Gasteiger partial charge in [-0.1, -0.05) is 0 Å². The van der Waals surface area contributed by atoms with Gasteiger partial charge >= 0.3 is 0 Å². The quantitative estimate of drug-likeness (QED) is 0.626. The van der Waals surface area contributed by atoms with Gasteiger partial charge in [0.25, 0.3) is 0 Å². The van der Waals surface area contributed by atoms with Crippen molar-refractivity contribution in [3.05, 3.63) is 0 Å². The molecule has 1 aliphatic rings. The fourth-order valence-electron chi connectivity index (χ4n) is 2.03. The third-order valence-corrected chi connectivity index (χ3v) is 2.96. The Kier molecular flexibility index (Phi) is 6.07. The SMILES string of the molecule is CCOC(CCN1CC(C(N)=O)CC1=O)OCC. The largest absolute Gasteiger partial charge is 0.369 e. The van der Waals surface area contributed by atoms with Gasteiger partial charge < -0.3 is 20.1 Å². The number of rotatable bonds is 8. The van der Waals surface area contributed by atoms with E-state index in [-0.39, 0.29) is 24.5 Å². The first kappa shape index (κ1) is 14.9. The number of hydrogen-bond acceptors (Lipinski definition) is 4. The Morgan fingerprint density at radius 2 is 2.06 bits per heavy atom. The van der Waals surface area contributed by atoms with Crippen LogP contribution in [-0.2, 0) is 19.1 Å². The number of nitrogens with two attached hydrogens (primary N) is 1. The predicted molar refractivity (Wildman–Crippen MR) is 65.5 cm³/mol. The van der Waals surface area contributed by atoms with Gasteiger partial charge in [0.2, 0.25) is 11.8 Å². The Morgan fingerprint density at radius 3 is 2.50 bits per heavy atom. The number of primary amides is 1. The first-order valence-corrected chi connectivity index (χ1v) is 6.38. The molecule has 1 rings (SSSR count). The molecule has 1 saturated heterocycles. The Morgan fingerprint density at radius 1 is 1.44 bits per heavy atom. The number of carbonyl (C=O) groups excluding carboxylic acids is 2. The third kappa shape index (κ3) is 4.27. The molecular formula is C12H22N2O4. The fourth-order valence-corrected chi connectivity index (χ4v) is 2.03. The van der Waals surface area contributed by atoms with Crippen LogP contribution in [0.3, 0.4) is 0 Å². The lowest BCUT2D eigenvalue weighted by Crippen LogP contribution is -2.32. The van der Waals surface area contributed by atoms with Crippen molar-refractivity contribution in [3.8, 4) is 0 Å². The molecule has 0 saturated carbocycles. The van der Waals surface area contributed by atoms with Crippen LogP contribution in [0.2, 0.25) is 0 Å². The molecule has 2 amide bonds. The van der Waals surface area contributed by atoms with Gasteiger partial charge in [-0.3, -0.25) is 9.59 Å². The van der Waals surface area contributed by atoms with Crippen LogP contribution in [0.4, 0.5) is 0 Å². The summed E-state index contributed by atoms with van der Waals surface area (Å²) in [6.45, 7) is 5.89. The van der Waals surface area contributed by atoms with Gasteiger partial charge in [-0.25, -0.2) is 0 Å². The molecule has 1 aliphatic heterocycles. The Hall–Kier alpha value is -1.14. The lowest BCUT2D eigenvalue weighted by molar-refractivity contribution is -0.144. The standard InChI is InChI=1S/C12H22N2O4/c1-3-17-11(18-4-2)5-6-14-8-9(12(13)16)7-10(14)15/h9,11H,3-8H2,1-2H3,(H2,13,16). The molecule has 1 atom stereocenters. The molecule has 1 heterocycles. The van der Waals surface area contributed by atoms with E-state index in [0.717, 1.165) is 0 Å². The van der Waals surface area contributed by atoms with Crippen LogP contribution < -0.4 is 5.73 Å².